The van der Waals surface area contributed by atoms with Crippen LogP contribution >= 0.6 is 0 Å². The van der Waals surface area contributed by atoms with Gasteiger partial charge in [0.15, 0.2) is 0 Å². The van der Waals surface area contributed by atoms with Crippen molar-refractivity contribution in [1.29, 1.82) is 0 Å². The maximum Gasteiger partial charge on any atom is 0.337 e. The van der Waals surface area contributed by atoms with Gasteiger partial charge in [-0.15, -0.1) is 0 Å². The minimum atomic E-state index is -0.284. The molecule has 1 fully saturated rings. The van der Waals surface area contributed by atoms with E-state index in [2.05, 4.69) is 17.3 Å². The van der Waals surface area contributed by atoms with E-state index in [0.29, 0.717) is 11.5 Å². The van der Waals surface area contributed by atoms with E-state index < -0.39 is 0 Å². The first-order chi connectivity index (χ1) is 8.70. The van der Waals surface area contributed by atoms with Crippen LogP contribution in [0.15, 0.2) is 24.3 Å². The number of anilines is 1. The summed E-state index contributed by atoms with van der Waals surface area (Å²) < 4.78 is 4.74. The molecule has 1 aromatic rings. The predicted octanol–water partition coefficient (Wildman–Crippen LogP) is 1.52. The van der Waals surface area contributed by atoms with Crippen LogP contribution in [0.3, 0.4) is 0 Å². The summed E-state index contributed by atoms with van der Waals surface area (Å²) in [5, 5.41) is 3.37. The summed E-state index contributed by atoms with van der Waals surface area (Å²) in [5.74, 6) is 0.407. The molecular formula is C14H20N2O2. The molecule has 98 valence electrons. The fourth-order valence-corrected chi connectivity index (χ4v) is 2.35. The lowest BCUT2D eigenvalue weighted by Crippen LogP contribution is -2.26. The van der Waals surface area contributed by atoms with E-state index in [1.54, 1.807) is 6.07 Å². The molecule has 1 N–H and O–H groups in total. The SMILES string of the molecule is COC(=O)c1cccc(N(C)CC2CCNC2)c1. The number of carbonyl (C=O) groups is 1. The van der Waals surface area contributed by atoms with Crippen molar-refractivity contribution in [3.8, 4) is 0 Å². The lowest BCUT2D eigenvalue weighted by molar-refractivity contribution is 0.0601. The van der Waals surface area contributed by atoms with Crippen LogP contribution in [0.4, 0.5) is 5.69 Å². The first-order valence-corrected chi connectivity index (χ1v) is 6.31. The van der Waals surface area contributed by atoms with Crippen LogP contribution in [0, 0.1) is 5.92 Å². The van der Waals surface area contributed by atoms with E-state index in [4.69, 9.17) is 4.74 Å². The number of nitrogens with zero attached hydrogens (tertiary/aromatic N) is 1. The van der Waals surface area contributed by atoms with Crippen LogP contribution in [-0.4, -0.2) is 39.8 Å². The van der Waals surface area contributed by atoms with E-state index >= 15 is 0 Å². The minimum absolute atomic E-state index is 0.284. The monoisotopic (exact) mass is 248 g/mol. The Morgan fingerprint density at radius 3 is 3.06 bits per heavy atom. The highest BCUT2D eigenvalue weighted by atomic mass is 16.5. The predicted molar refractivity (Wildman–Crippen MR) is 72.0 cm³/mol. The first-order valence-electron chi connectivity index (χ1n) is 6.31. The van der Waals surface area contributed by atoms with Crippen LogP contribution < -0.4 is 10.2 Å². The Hall–Kier alpha value is -1.55. The molecule has 0 amide bonds. The average molecular weight is 248 g/mol. The zero-order chi connectivity index (χ0) is 13.0. The first kappa shape index (κ1) is 12.9. The third-order valence-corrected chi connectivity index (χ3v) is 3.40. The second-order valence-electron chi connectivity index (χ2n) is 4.78. The van der Waals surface area contributed by atoms with Crippen LogP contribution in [0.1, 0.15) is 16.8 Å². The van der Waals surface area contributed by atoms with Crippen LogP contribution in [0.2, 0.25) is 0 Å². The van der Waals surface area contributed by atoms with Crippen molar-refractivity contribution in [2.45, 2.75) is 6.42 Å². The Morgan fingerprint density at radius 1 is 1.56 bits per heavy atom. The molecule has 4 heteroatoms. The Morgan fingerprint density at radius 2 is 2.39 bits per heavy atom. The van der Waals surface area contributed by atoms with Crippen LogP contribution in [0.5, 0.6) is 0 Å². The molecule has 0 aliphatic carbocycles. The minimum Gasteiger partial charge on any atom is -0.465 e. The number of nitrogens with one attached hydrogen (secondary N) is 1. The number of ether oxygens (including phenoxy) is 1. The molecule has 1 unspecified atom stereocenters. The highest BCUT2D eigenvalue weighted by Gasteiger charge is 2.17. The highest BCUT2D eigenvalue weighted by molar-refractivity contribution is 5.90. The molecular weight excluding hydrogens is 228 g/mol. The number of hydrogen-bond donors (Lipinski definition) is 1. The quantitative estimate of drug-likeness (QED) is 0.820. The van der Waals surface area contributed by atoms with Gasteiger partial charge in [-0.1, -0.05) is 6.07 Å². The summed E-state index contributed by atoms with van der Waals surface area (Å²) in [4.78, 5) is 13.7. The molecule has 4 nitrogen and oxygen atoms in total. The molecule has 18 heavy (non-hydrogen) atoms. The van der Waals surface area contributed by atoms with Gasteiger partial charge < -0.3 is 15.0 Å². The molecule has 0 aromatic heterocycles. The Bertz CT molecular complexity index is 414. The topological polar surface area (TPSA) is 41.6 Å². The lowest BCUT2D eigenvalue weighted by atomic mass is 10.1. The molecule has 2 rings (SSSR count). The summed E-state index contributed by atoms with van der Waals surface area (Å²) in [6.07, 6.45) is 1.22. The highest BCUT2D eigenvalue weighted by Crippen LogP contribution is 2.18. The van der Waals surface area contributed by atoms with E-state index in [0.717, 1.165) is 25.3 Å². The van der Waals surface area contributed by atoms with Gasteiger partial charge in [-0.2, -0.15) is 0 Å². The maximum absolute atomic E-state index is 11.5. The van der Waals surface area contributed by atoms with E-state index in [9.17, 15) is 4.79 Å². The molecule has 0 spiro atoms. The molecule has 1 aromatic carbocycles. The van der Waals surface area contributed by atoms with Gasteiger partial charge in [0, 0.05) is 19.3 Å². The van der Waals surface area contributed by atoms with Gasteiger partial charge in [0.25, 0.3) is 0 Å². The summed E-state index contributed by atoms with van der Waals surface area (Å²) in [6, 6.07) is 7.58. The molecule has 0 radical (unpaired) electrons. The molecule has 1 atom stereocenters. The number of rotatable bonds is 4. The van der Waals surface area contributed by atoms with Gasteiger partial charge in [0.05, 0.1) is 12.7 Å². The number of methoxy groups -OCH3 is 1. The van der Waals surface area contributed by atoms with Gasteiger partial charge in [-0.05, 0) is 43.6 Å². The van der Waals surface area contributed by atoms with Crippen molar-refractivity contribution in [2.24, 2.45) is 5.92 Å². The Kier molecular flexibility index (Phi) is 4.20. The molecule has 1 saturated heterocycles. The third kappa shape index (κ3) is 3.01. The lowest BCUT2D eigenvalue weighted by Gasteiger charge is -2.23. The van der Waals surface area contributed by atoms with Gasteiger partial charge in [0.2, 0.25) is 0 Å². The summed E-state index contributed by atoms with van der Waals surface area (Å²) in [6.45, 7) is 3.21. The van der Waals surface area contributed by atoms with E-state index in [1.807, 2.05) is 18.2 Å². The average Bonchev–Trinajstić information content (AvgIpc) is 2.90. The van der Waals surface area contributed by atoms with Gasteiger partial charge in [-0.25, -0.2) is 4.79 Å². The fourth-order valence-electron chi connectivity index (χ4n) is 2.35. The van der Waals surface area contributed by atoms with Gasteiger partial charge in [0.1, 0.15) is 0 Å². The summed E-state index contributed by atoms with van der Waals surface area (Å²) >= 11 is 0. The zero-order valence-corrected chi connectivity index (χ0v) is 11.0. The van der Waals surface area contributed by atoms with Gasteiger partial charge in [-0.3, -0.25) is 0 Å². The largest absolute Gasteiger partial charge is 0.465 e. The normalized spacial score (nSPS) is 18.7. The summed E-state index contributed by atoms with van der Waals surface area (Å²) in [7, 11) is 3.47. The van der Waals surface area contributed by atoms with Crippen molar-refractivity contribution >= 4 is 11.7 Å². The standard InChI is InChI=1S/C14H20N2O2/c1-16(10-11-6-7-15-9-11)13-5-3-4-12(8-13)14(17)18-2/h3-5,8,11,15H,6-7,9-10H2,1-2H3. The van der Waals surface area contributed by atoms with Crippen molar-refractivity contribution in [3.63, 3.8) is 0 Å². The number of hydrogen-bond acceptors (Lipinski definition) is 4. The number of esters is 1. The zero-order valence-electron chi connectivity index (χ0n) is 11.0. The van der Waals surface area contributed by atoms with Crippen LogP contribution in [0.25, 0.3) is 0 Å². The van der Waals surface area contributed by atoms with Crippen LogP contribution in [-0.2, 0) is 4.74 Å². The molecule has 0 bridgehead atoms. The smallest absolute Gasteiger partial charge is 0.337 e. The van der Waals surface area contributed by atoms with Crippen molar-refractivity contribution in [3.05, 3.63) is 29.8 Å². The molecule has 1 aliphatic heterocycles. The third-order valence-electron chi connectivity index (χ3n) is 3.40. The van der Waals surface area contributed by atoms with Crippen molar-refractivity contribution in [2.75, 3.05) is 38.7 Å². The fraction of sp³-hybridized carbons (Fsp3) is 0.500. The molecule has 1 heterocycles. The molecule has 0 saturated carbocycles. The maximum atomic E-state index is 11.5. The van der Waals surface area contributed by atoms with Gasteiger partial charge >= 0.3 is 5.97 Å². The van der Waals surface area contributed by atoms with Crippen molar-refractivity contribution in [1.82, 2.24) is 5.32 Å². The number of carbonyl (C=O) groups excluding carboxylic acids is 1. The Balaban J connectivity index is 2.04. The second-order valence-corrected chi connectivity index (χ2v) is 4.78. The second kappa shape index (κ2) is 5.87. The van der Waals surface area contributed by atoms with E-state index in [-0.39, 0.29) is 5.97 Å². The summed E-state index contributed by atoms with van der Waals surface area (Å²) in [5.41, 5.74) is 1.66. The molecule has 1 aliphatic rings. The number of benzene rings is 1. The Labute approximate surface area is 108 Å². The van der Waals surface area contributed by atoms with E-state index in [1.165, 1.54) is 13.5 Å². The van der Waals surface area contributed by atoms with Crippen molar-refractivity contribution < 1.29 is 9.53 Å².